The van der Waals surface area contributed by atoms with E-state index in [1.54, 1.807) is 6.20 Å². The van der Waals surface area contributed by atoms with E-state index in [1.165, 1.54) is 6.33 Å². The van der Waals surface area contributed by atoms with Gasteiger partial charge in [0.25, 0.3) is 0 Å². The van der Waals surface area contributed by atoms with Crippen LogP contribution in [0.3, 0.4) is 0 Å². The Labute approximate surface area is 78.7 Å². The van der Waals surface area contributed by atoms with Gasteiger partial charge in [-0.25, -0.2) is 15.4 Å². The van der Waals surface area contributed by atoms with Crippen molar-refractivity contribution >= 4 is 15.9 Å². The third kappa shape index (κ3) is 1.80. The zero-order valence-electron chi connectivity index (χ0n) is 6.16. The lowest BCUT2D eigenvalue weighted by atomic mass is 10.2. The first-order valence-electron chi connectivity index (χ1n) is 3.17. The van der Waals surface area contributed by atoms with E-state index in [4.69, 9.17) is 12.3 Å². The number of nitrogens with one attached hydrogen (secondary N) is 1. The van der Waals surface area contributed by atoms with Gasteiger partial charge in [-0.05, 0) is 15.9 Å². The van der Waals surface area contributed by atoms with Crippen molar-refractivity contribution in [3.63, 3.8) is 0 Å². The van der Waals surface area contributed by atoms with Gasteiger partial charge in [0.2, 0.25) is 0 Å². The number of rotatable bonds is 2. The fraction of sp³-hybridized carbons (Fsp3) is 0.143. The van der Waals surface area contributed by atoms with Gasteiger partial charge in [-0.3, -0.25) is 5.84 Å². The monoisotopic (exact) mass is 226 g/mol. The number of hydrazine groups is 1. The summed E-state index contributed by atoms with van der Waals surface area (Å²) in [6.45, 7) is 0. The van der Waals surface area contributed by atoms with Crippen molar-refractivity contribution in [2.24, 2.45) is 5.84 Å². The van der Waals surface area contributed by atoms with Gasteiger partial charge in [-0.15, -0.1) is 6.42 Å². The topological polar surface area (TPSA) is 63.8 Å². The highest BCUT2D eigenvalue weighted by Gasteiger charge is 2.10. The Morgan fingerprint density at radius 3 is 3.00 bits per heavy atom. The summed E-state index contributed by atoms with van der Waals surface area (Å²) >= 11 is 3.26. The summed E-state index contributed by atoms with van der Waals surface area (Å²) in [6.07, 6.45) is 8.24. The van der Waals surface area contributed by atoms with Crippen LogP contribution in [0.4, 0.5) is 0 Å². The summed E-state index contributed by atoms with van der Waals surface area (Å²) in [5.41, 5.74) is 3.11. The Morgan fingerprint density at radius 1 is 1.75 bits per heavy atom. The molecule has 0 aromatic carbocycles. The van der Waals surface area contributed by atoms with Gasteiger partial charge in [-0.2, -0.15) is 0 Å². The van der Waals surface area contributed by atoms with Crippen molar-refractivity contribution < 1.29 is 0 Å². The molecule has 0 bridgehead atoms. The molecule has 1 heterocycles. The van der Waals surface area contributed by atoms with E-state index in [2.05, 4.69) is 37.2 Å². The molecule has 3 N–H and O–H groups in total. The number of hydrogen-bond donors (Lipinski definition) is 2. The maximum Gasteiger partial charge on any atom is 0.125 e. The molecule has 0 spiro atoms. The Hall–Kier alpha value is -0.960. The molecule has 0 amide bonds. The van der Waals surface area contributed by atoms with Gasteiger partial charge in [0.05, 0.1) is 10.2 Å². The number of aromatic nitrogens is 2. The number of hydrogen-bond acceptors (Lipinski definition) is 4. The van der Waals surface area contributed by atoms with Crippen molar-refractivity contribution in [3.05, 3.63) is 22.7 Å². The first-order valence-corrected chi connectivity index (χ1v) is 3.96. The van der Waals surface area contributed by atoms with Gasteiger partial charge < -0.3 is 0 Å². The predicted molar refractivity (Wildman–Crippen MR) is 48.6 cm³/mol. The molecule has 0 saturated carbocycles. The average Bonchev–Trinajstić information content (AvgIpc) is 2.10. The Morgan fingerprint density at radius 2 is 2.50 bits per heavy atom. The molecule has 1 aromatic rings. The Kier molecular flexibility index (Phi) is 3.17. The molecule has 0 saturated heterocycles. The molecule has 62 valence electrons. The molecule has 5 heteroatoms. The van der Waals surface area contributed by atoms with Gasteiger partial charge in [0.1, 0.15) is 12.4 Å². The van der Waals surface area contributed by atoms with E-state index in [-0.39, 0.29) is 6.04 Å². The van der Waals surface area contributed by atoms with E-state index in [0.717, 1.165) is 4.47 Å². The number of halogens is 1. The predicted octanol–water partition coefficient (Wildman–Crippen LogP) is 0.377. The smallest absolute Gasteiger partial charge is 0.125 e. The summed E-state index contributed by atoms with van der Waals surface area (Å²) in [7, 11) is 0. The first kappa shape index (κ1) is 9.13. The summed E-state index contributed by atoms with van der Waals surface area (Å²) in [6, 6.07) is -0.387. The number of terminal acetylenes is 1. The number of nitrogens with two attached hydrogens (primary N) is 1. The van der Waals surface area contributed by atoms with Crippen molar-refractivity contribution in [2.45, 2.75) is 6.04 Å². The van der Waals surface area contributed by atoms with Gasteiger partial charge >= 0.3 is 0 Å². The van der Waals surface area contributed by atoms with Crippen LogP contribution in [0, 0.1) is 12.3 Å². The number of nitrogens with zero attached hydrogens (tertiary/aromatic N) is 2. The first-order chi connectivity index (χ1) is 5.79. The highest BCUT2D eigenvalue weighted by atomic mass is 79.9. The molecule has 0 fully saturated rings. The van der Waals surface area contributed by atoms with E-state index in [9.17, 15) is 0 Å². The molecule has 0 radical (unpaired) electrons. The van der Waals surface area contributed by atoms with Crippen molar-refractivity contribution in [2.75, 3.05) is 0 Å². The van der Waals surface area contributed by atoms with Crippen LogP contribution in [0.25, 0.3) is 0 Å². The molecule has 0 aliphatic rings. The zero-order chi connectivity index (χ0) is 8.97. The molecule has 0 aliphatic heterocycles. The minimum atomic E-state index is -0.387. The highest BCUT2D eigenvalue weighted by Crippen LogP contribution is 2.17. The molecule has 4 nitrogen and oxygen atoms in total. The molecule has 1 aromatic heterocycles. The van der Waals surface area contributed by atoms with E-state index < -0.39 is 0 Å². The van der Waals surface area contributed by atoms with Crippen molar-refractivity contribution in [1.82, 2.24) is 15.4 Å². The zero-order valence-corrected chi connectivity index (χ0v) is 7.75. The fourth-order valence-electron chi connectivity index (χ4n) is 0.741. The van der Waals surface area contributed by atoms with Crippen LogP contribution in [0.1, 0.15) is 11.7 Å². The molecular formula is C7H7BrN4. The van der Waals surface area contributed by atoms with E-state index >= 15 is 0 Å². The molecule has 1 atom stereocenters. The van der Waals surface area contributed by atoms with Crippen LogP contribution in [-0.4, -0.2) is 9.97 Å². The molecule has 0 aliphatic carbocycles. The molecule has 1 unspecified atom stereocenters. The quantitative estimate of drug-likeness (QED) is 0.435. The van der Waals surface area contributed by atoms with Crippen molar-refractivity contribution in [3.8, 4) is 12.3 Å². The lowest BCUT2D eigenvalue weighted by Gasteiger charge is -2.08. The molecule has 1 rings (SSSR count). The van der Waals surface area contributed by atoms with Crippen LogP contribution in [0.15, 0.2) is 17.0 Å². The van der Waals surface area contributed by atoms with Gasteiger partial charge in [0.15, 0.2) is 0 Å². The van der Waals surface area contributed by atoms with Crippen molar-refractivity contribution in [1.29, 1.82) is 0 Å². The highest BCUT2D eigenvalue weighted by molar-refractivity contribution is 9.10. The summed E-state index contributed by atoms with van der Waals surface area (Å²) < 4.78 is 0.742. The Bertz CT molecular complexity index is 307. The van der Waals surface area contributed by atoms with Gasteiger partial charge in [0, 0.05) is 6.20 Å². The van der Waals surface area contributed by atoms with Crippen LogP contribution in [0.5, 0.6) is 0 Å². The summed E-state index contributed by atoms with van der Waals surface area (Å²) in [4.78, 5) is 7.78. The van der Waals surface area contributed by atoms with E-state index in [0.29, 0.717) is 5.69 Å². The van der Waals surface area contributed by atoms with E-state index in [1.807, 2.05) is 0 Å². The lowest BCUT2D eigenvalue weighted by molar-refractivity contribution is 0.651. The molecular weight excluding hydrogens is 220 g/mol. The fourth-order valence-corrected chi connectivity index (χ4v) is 1.19. The summed E-state index contributed by atoms with van der Waals surface area (Å²) in [5, 5.41) is 0. The largest absolute Gasteiger partial charge is 0.270 e. The summed E-state index contributed by atoms with van der Waals surface area (Å²) in [5.74, 6) is 7.66. The normalized spacial score (nSPS) is 12.1. The third-order valence-electron chi connectivity index (χ3n) is 1.30. The SMILES string of the molecule is C#CC(NN)c1ncncc1Br. The van der Waals surface area contributed by atoms with Crippen LogP contribution in [-0.2, 0) is 0 Å². The minimum Gasteiger partial charge on any atom is -0.270 e. The maximum absolute atomic E-state index is 5.21. The van der Waals surface area contributed by atoms with Crippen LogP contribution in [0.2, 0.25) is 0 Å². The third-order valence-corrected chi connectivity index (χ3v) is 1.91. The standard InChI is InChI=1S/C7H7BrN4/c1-2-6(12-9)7-5(8)3-10-4-11-7/h1,3-4,6,12H,9H2. The van der Waals surface area contributed by atoms with Gasteiger partial charge in [-0.1, -0.05) is 5.92 Å². The lowest BCUT2D eigenvalue weighted by Crippen LogP contribution is -2.27. The van der Waals surface area contributed by atoms with Crippen LogP contribution >= 0.6 is 15.9 Å². The second-order valence-corrected chi connectivity index (χ2v) is 2.88. The second-order valence-electron chi connectivity index (χ2n) is 2.02. The Balaban J connectivity index is 3.02. The second kappa shape index (κ2) is 4.16. The van der Waals surface area contributed by atoms with Crippen LogP contribution < -0.4 is 11.3 Å². The molecule has 12 heavy (non-hydrogen) atoms. The average molecular weight is 227 g/mol. The maximum atomic E-state index is 5.21. The minimum absolute atomic E-state index is 0.387.